The van der Waals surface area contributed by atoms with Crippen LogP contribution in [0.15, 0.2) is 36.4 Å². The Hall–Kier alpha value is -0.440. The molecule has 0 N–H and O–H groups in total. The third-order valence-electron chi connectivity index (χ3n) is 2.84. The Labute approximate surface area is 120 Å². The molecule has 0 radical (unpaired) electrons. The van der Waals surface area contributed by atoms with Gasteiger partial charge in [-0.1, -0.05) is 30.6 Å². The highest BCUT2D eigenvalue weighted by Gasteiger charge is 2.09. The Morgan fingerprint density at radius 1 is 1.18 bits per heavy atom. The van der Waals surface area contributed by atoms with Crippen LogP contribution in [0.5, 0.6) is 0 Å². The molecule has 0 nitrogen and oxygen atoms in total. The van der Waals surface area contributed by atoms with E-state index in [2.05, 4.69) is 65.3 Å². The van der Waals surface area contributed by atoms with Gasteiger partial charge in [0.15, 0.2) is 0 Å². The van der Waals surface area contributed by atoms with Crippen LogP contribution < -0.4 is 0 Å². The predicted molar refractivity (Wildman–Crippen MR) is 89.8 cm³/mol. The van der Waals surface area contributed by atoms with Crippen LogP contribution in [0.3, 0.4) is 0 Å². The van der Waals surface area contributed by atoms with Crippen molar-refractivity contribution in [1.82, 2.24) is 0 Å². The molecule has 84 valence electrons. The molecule has 3 aromatic rings. The minimum Gasteiger partial charge on any atom is -0.134 e. The molecule has 0 aliphatic carbocycles. The minimum atomic E-state index is 1.04. The summed E-state index contributed by atoms with van der Waals surface area (Å²) < 4.78 is 4.15. The van der Waals surface area contributed by atoms with Crippen molar-refractivity contribution in [3.8, 4) is 0 Å². The Bertz CT molecular complexity index is 715. The first-order chi connectivity index (χ1) is 8.31. The van der Waals surface area contributed by atoms with E-state index in [4.69, 9.17) is 0 Å². The van der Waals surface area contributed by atoms with Crippen molar-refractivity contribution in [1.29, 1.82) is 0 Å². The molecule has 17 heavy (non-hydrogen) atoms. The van der Waals surface area contributed by atoms with Crippen molar-refractivity contribution in [3.05, 3.63) is 45.5 Å². The van der Waals surface area contributed by atoms with E-state index in [1.54, 1.807) is 0 Å². The SMILES string of the molecule is C=PCc1cccc2sc3c(I)cccc3c12. The van der Waals surface area contributed by atoms with Gasteiger partial charge < -0.3 is 0 Å². The van der Waals surface area contributed by atoms with Crippen LogP contribution in [0, 0.1) is 3.57 Å². The molecule has 3 rings (SSSR count). The summed E-state index contributed by atoms with van der Waals surface area (Å²) in [5, 5.41) is 2.83. The van der Waals surface area contributed by atoms with Crippen molar-refractivity contribution in [2.24, 2.45) is 0 Å². The summed E-state index contributed by atoms with van der Waals surface area (Å²) >= 11 is 4.32. The number of halogens is 1. The molecule has 0 saturated carbocycles. The van der Waals surface area contributed by atoms with Crippen LogP contribution in [-0.4, -0.2) is 6.30 Å². The van der Waals surface area contributed by atoms with Crippen molar-refractivity contribution in [2.45, 2.75) is 6.16 Å². The number of rotatable bonds is 2. The average molecular weight is 368 g/mol. The molecule has 0 bridgehead atoms. The van der Waals surface area contributed by atoms with Crippen molar-refractivity contribution >= 4 is 68.6 Å². The maximum absolute atomic E-state index is 3.94. The number of hydrogen-bond donors (Lipinski definition) is 0. The van der Waals surface area contributed by atoms with Crippen LogP contribution in [0.25, 0.3) is 20.2 Å². The Morgan fingerprint density at radius 3 is 2.82 bits per heavy atom. The largest absolute Gasteiger partial charge is 0.134 e. The Kier molecular flexibility index (Phi) is 3.20. The fraction of sp³-hybridized carbons (Fsp3) is 0.0714. The number of hydrogen-bond acceptors (Lipinski definition) is 1. The highest BCUT2D eigenvalue weighted by molar-refractivity contribution is 14.1. The fourth-order valence-corrected chi connectivity index (χ4v) is 4.63. The van der Waals surface area contributed by atoms with E-state index >= 15 is 0 Å². The summed E-state index contributed by atoms with van der Waals surface area (Å²) in [6.45, 7) is 0. The van der Waals surface area contributed by atoms with E-state index in [1.807, 2.05) is 11.3 Å². The van der Waals surface area contributed by atoms with E-state index in [0.29, 0.717) is 0 Å². The Morgan fingerprint density at radius 2 is 2.00 bits per heavy atom. The average Bonchev–Trinajstić information content (AvgIpc) is 2.71. The summed E-state index contributed by atoms with van der Waals surface area (Å²) in [5.41, 5.74) is 1.42. The number of fused-ring (bicyclic) bond motifs is 3. The normalized spacial score (nSPS) is 11.6. The third kappa shape index (κ3) is 1.92. The maximum atomic E-state index is 3.94. The molecule has 0 saturated heterocycles. The van der Waals surface area contributed by atoms with Gasteiger partial charge in [-0.25, -0.2) is 0 Å². The molecule has 0 spiro atoms. The standard InChI is InChI=1S/C14H10IPS/c1-16-8-9-4-2-7-12-13(9)10-5-3-6-11(15)14(10)17-12/h2-7H,1,8H2. The van der Waals surface area contributed by atoms with Gasteiger partial charge in [-0.15, -0.1) is 19.5 Å². The van der Waals surface area contributed by atoms with Crippen molar-refractivity contribution < 1.29 is 0 Å². The number of benzene rings is 2. The first kappa shape index (κ1) is 11.6. The lowest BCUT2D eigenvalue weighted by Gasteiger charge is -2.00. The molecule has 0 aliphatic heterocycles. The second kappa shape index (κ2) is 4.68. The van der Waals surface area contributed by atoms with Crippen molar-refractivity contribution in [2.75, 3.05) is 0 Å². The third-order valence-corrected chi connectivity index (χ3v) is 5.88. The van der Waals surface area contributed by atoms with Gasteiger partial charge >= 0.3 is 0 Å². The van der Waals surface area contributed by atoms with Gasteiger partial charge in [-0.3, -0.25) is 0 Å². The smallest absolute Gasteiger partial charge is 0.0488 e. The van der Waals surface area contributed by atoms with E-state index in [1.165, 1.54) is 37.5 Å². The molecular weight excluding hydrogens is 358 g/mol. The summed E-state index contributed by atoms with van der Waals surface area (Å²) in [7, 11) is 1.19. The molecular formula is C14H10IPS. The zero-order chi connectivity index (χ0) is 11.8. The Balaban J connectivity index is 2.49. The molecule has 2 aromatic carbocycles. The first-order valence-electron chi connectivity index (χ1n) is 5.32. The molecule has 1 aromatic heterocycles. The summed E-state index contributed by atoms with van der Waals surface area (Å²) in [6, 6.07) is 13.2. The second-order valence-corrected chi connectivity index (χ2v) is 6.87. The lowest BCUT2D eigenvalue weighted by atomic mass is 10.1. The zero-order valence-corrected chi connectivity index (χ0v) is 13.0. The van der Waals surface area contributed by atoms with Gasteiger partial charge in [0.25, 0.3) is 0 Å². The molecule has 0 atom stereocenters. The maximum Gasteiger partial charge on any atom is 0.0488 e. The quantitative estimate of drug-likeness (QED) is 0.412. The summed E-state index contributed by atoms with van der Waals surface area (Å²) in [4.78, 5) is 0. The summed E-state index contributed by atoms with van der Waals surface area (Å²) in [5.74, 6) is 0. The zero-order valence-electron chi connectivity index (χ0n) is 9.11. The predicted octanol–water partition coefficient (Wildman–Crippen LogP) is 5.54. The second-order valence-electron chi connectivity index (χ2n) is 3.89. The molecule has 0 fully saturated rings. The van der Waals surface area contributed by atoms with Crippen LogP contribution in [0.2, 0.25) is 0 Å². The minimum absolute atomic E-state index is 1.04. The topological polar surface area (TPSA) is 0 Å². The lowest BCUT2D eigenvalue weighted by molar-refractivity contribution is 1.48. The number of thiophene rings is 1. The van der Waals surface area contributed by atoms with Crippen LogP contribution in [0.4, 0.5) is 0 Å². The van der Waals surface area contributed by atoms with E-state index in [9.17, 15) is 0 Å². The van der Waals surface area contributed by atoms with Gasteiger partial charge in [0, 0.05) is 29.9 Å². The lowest BCUT2D eigenvalue weighted by Crippen LogP contribution is -1.78. The van der Waals surface area contributed by atoms with Gasteiger partial charge in [0.1, 0.15) is 0 Å². The molecule has 0 amide bonds. The van der Waals surface area contributed by atoms with Gasteiger partial charge in [-0.05, 0) is 40.3 Å². The van der Waals surface area contributed by atoms with E-state index in [0.717, 1.165) is 6.16 Å². The summed E-state index contributed by atoms with van der Waals surface area (Å²) in [6.07, 6.45) is 4.98. The monoisotopic (exact) mass is 368 g/mol. The van der Waals surface area contributed by atoms with Gasteiger partial charge in [0.2, 0.25) is 0 Å². The van der Waals surface area contributed by atoms with Crippen molar-refractivity contribution in [3.63, 3.8) is 0 Å². The van der Waals surface area contributed by atoms with Crippen LogP contribution in [-0.2, 0) is 6.16 Å². The highest BCUT2D eigenvalue weighted by atomic mass is 127. The first-order valence-corrected chi connectivity index (χ1v) is 8.48. The highest BCUT2D eigenvalue weighted by Crippen LogP contribution is 2.38. The van der Waals surface area contributed by atoms with E-state index < -0.39 is 0 Å². The molecule has 1 heterocycles. The molecule has 3 heteroatoms. The van der Waals surface area contributed by atoms with Gasteiger partial charge in [-0.2, -0.15) is 0 Å². The van der Waals surface area contributed by atoms with Crippen LogP contribution in [0.1, 0.15) is 5.56 Å². The fourth-order valence-electron chi connectivity index (χ4n) is 2.14. The van der Waals surface area contributed by atoms with Gasteiger partial charge in [0.05, 0.1) is 0 Å². The molecule has 0 unspecified atom stereocenters. The van der Waals surface area contributed by atoms with Crippen LogP contribution >= 0.6 is 42.1 Å². The van der Waals surface area contributed by atoms with E-state index in [-0.39, 0.29) is 0 Å². The molecule has 0 aliphatic rings.